The molecule has 0 bridgehead atoms. The molecule has 2 aromatic heterocycles. The predicted molar refractivity (Wildman–Crippen MR) is 130 cm³/mol. The highest BCUT2D eigenvalue weighted by Crippen LogP contribution is 2.35. The molecule has 1 aliphatic heterocycles. The first-order chi connectivity index (χ1) is 18.0. The average molecular weight is 532 g/mol. The van der Waals surface area contributed by atoms with Crippen LogP contribution in [0.5, 0.6) is 0 Å². The smallest absolute Gasteiger partial charge is 0.378 e. The number of likely N-dealkylation sites (N-methyl/N-ethyl adjacent to an activating group) is 1. The van der Waals surface area contributed by atoms with E-state index < -0.39 is 35.4 Å². The van der Waals surface area contributed by atoms with Gasteiger partial charge in [-0.25, -0.2) is 19.3 Å². The fourth-order valence-corrected chi connectivity index (χ4v) is 3.82. The quantitative estimate of drug-likeness (QED) is 0.481. The molecule has 0 radical (unpaired) electrons. The van der Waals surface area contributed by atoms with Gasteiger partial charge in [-0.2, -0.15) is 13.2 Å². The maximum Gasteiger partial charge on any atom is 0.433 e. The van der Waals surface area contributed by atoms with Crippen molar-refractivity contribution in [2.75, 3.05) is 48.5 Å². The summed E-state index contributed by atoms with van der Waals surface area (Å²) in [5, 5.41) is 2.54. The molecule has 1 saturated heterocycles. The average Bonchev–Trinajstić information content (AvgIpc) is 2.92. The Morgan fingerprint density at radius 1 is 1.05 bits per heavy atom. The molecule has 2 amide bonds. The van der Waals surface area contributed by atoms with E-state index in [9.17, 15) is 27.2 Å². The number of anilines is 3. The number of halogens is 4. The minimum Gasteiger partial charge on any atom is -0.378 e. The van der Waals surface area contributed by atoms with Crippen molar-refractivity contribution in [1.82, 2.24) is 15.0 Å². The van der Waals surface area contributed by atoms with Crippen LogP contribution in [-0.2, 0) is 15.7 Å². The summed E-state index contributed by atoms with van der Waals surface area (Å²) < 4.78 is 58.4. The van der Waals surface area contributed by atoms with Gasteiger partial charge in [0.2, 0.25) is 11.7 Å². The SMILES string of the molecule is CC(C(=O)N(C)c1ccc(C(F)(F)F)nc1N1CCOCC1)c1cnc(C(=O)Nc2ccc(F)cc2)nc1. The summed E-state index contributed by atoms with van der Waals surface area (Å²) in [6.45, 7) is 2.90. The zero-order valence-corrected chi connectivity index (χ0v) is 20.5. The lowest BCUT2D eigenvalue weighted by molar-refractivity contribution is -0.141. The maximum atomic E-state index is 13.4. The standard InChI is InChI=1S/C25H24F4N6O3/c1-15(16-13-30-21(31-14-16)23(36)32-18-5-3-17(26)4-6-18)24(37)34(2)19-7-8-20(25(27,28)29)33-22(19)35-9-11-38-12-10-35/h3-8,13-15H,9-12H2,1-2H3,(H,32,36). The Morgan fingerprint density at radius 2 is 1.68 bits per heavy atom. The molecule has 9 nitrogen and oxygen atoms in total. The van der Waals surface area contributed by atoms with Crippen molar-refractivity contribution in [3.8, 4) is 0 Å². The number of hydrogen-bond acceptors (Lipinski definition) is 7. The number of carbonyl (C=O) groups excluding carboxylic acids is 2. The van der Waals surface area contributed by atoms with Gasteiger partial charge in [-0.05, 0) is 43.3 Å². The highest BCUT2D eigenvalue weighted by atomic mass is 19.4. The van der Waals surface area contributed by atoms with Crippen LogP contribution in [-0.4, -0.2) is 60.1 Å². The zero-order chi connectivity index (χ0) is 27.4. The molecule has 4 rings (SSSR count). The van der Waals surface area contributed by atoms with E-state index >= 15 is 0 Å². The van der Waals surface area contributed by atoms with Crippen LogP contribution in [0.1, 0.15) is 34.7 Å². The Kier molecular flexibility index (Phi) is 7.86. The molecular weight excluding hydrogens is 508 g/mol. The highest BCUT2D eigenvalue weighted by molar-refractivity contribution is 6.02. The van der Waals surface area contributed by atoms with Crippen LogP contribution in [0.15, 0.2) is 48.8 Å². The monoisotopic (exact) mass is 532 g/mol. The van der Waals surface area contributed by atoms with E-state index in [-0.39, 0.29) is 17.3 Å². The zero-order valence-electron chi connectivity index (χ0n) is 20.5. The van der Waals surface area contributed by atoms with Crippen molar-refractivity contribution in [3.05, 3.63) is 71.7 Å². The van der Waals surface area contributed by atoms with Gasteiger partial charge < -0.3 is 19.9 Å². The lowest BCUT2D eigenvalue weighted by Gasteiger charge is -2.32. The Labute approximate surface area is 215 Å². The van der Waals surface area contributed by atoms with Gasteiger partial charge in [-0.3, -0.25) is 9.59 Å². The van der Waals surface area contributed by atoms with Crippen LogP contribution in [0.4, 0.5) is 34.8 Å². The Bertz CT molecular complexity index is 1300. The molecule has 3 aromatic rings. The fraction of sp³-hybridized carbons (Fsp3) is 0.320. The third-order valence-corrected chi connectivity index (χ3v) is 5.99. The topological polar surface area (TPSA) is 101 Å². The van der Waals surface area contributed by atoms with Gasteiger partial charge in [0.25, 0.3) is 5.91 Å². The van der Waals surface area contributed by atoms with E-state index in [1.807, 2.05) is 0 Å². The van der Waals surface area contributed by atoms with E-state index in [0.29, 0.717) is 37.6 Å². The van der Waals surface area contributed by atoms with Crippen LogP contribution in [0, 0.1) is 5.82 Å². The Hall–Kier alpha value is -4.13. The second kappa shape index (κ2) is 11.1. The predicted octanol–water partition coefficient (Wildman–Crippen LogP) is 3.88. The van der Waals surface area contributed by atoms with E-state index in [0.717, 1.165) is 6.07 Å². The van der Waals surface area contributed by atoms with Crippen molar-refractivity contribution in [2.24, 2.45) is 0 Å². The highest BCUT2D eigenvalue weighted by Gasteiger charge is 2.35. The van der Waals surface area contributed by atoms with E-state index in [4.69, 9.17) is 4.74 Å². The number of pyridine rings is 1. The molecular formula is C25H24F4N6O3. The van der Waals surface area contributed by atoms with Crippen molar-refractivity contribution in [3.63, 3.8) is 0 Å². The summed E-state index contributed by atoms with van der Waals surface area (Å²) in [5.74, 6) is -2.41. The second-order valence-corrected chi connectivity index (χ2v) is 8.56. The molecule has 38 heavy (non-hydrogen) atoms. The number of amides is 2. The summed E-state index contributed by atoms with van der Waals surface area (Å²) in [4.78, 5) is 40.5. The second-order valence-electron chi connectivity index (χ2n) is 8.56. The van der Waals surface area contributed by atoms with Gasteiger partial charge in [-0.15, -0.1) is 0 Å². The first-order valence-corrected chi connectivity index (χ1v) is 11.6. The molecule has 1 aliphatic rings. The minimum atomic E-state index is -4.64. The summed E-state index contributed by atoms with van der Waals surface area (Å²) in [7, 11) is 1.46. The summed E-state index contributed by atoms with van der Waals surface area (Å²) in [6, 6.07) is 7.23. The first kappa shape index (κ1) is 26.9. The first-order valence-electron chi connectivity index (χ1n) is 11.6. The van der Waals surface area contributed by atoms with Crippen molar-refractivity contribution in [2.45, 2.75) is 19.0 Å². The van der Waals surface area contributed by atoms with Gasteiger partial charge in [0.1, 0.15) is 11.5 Å². The maximum absolute atomic E-state index is 13.4. The molecule has 1 aromatic carbocycles. The number of hydrogen-bond donors (Lipinski definition) is 1. The fourth-order valence-electron chi connectivity index (χ4n) is 3.82. The van der Waals surface area contributed by atoms with E-state index in [1.165, 1.54) is 54.7 Å². The molecule has 1 unspecified atom stereocenters. The largest absolute Gasteiger partial charge is 0.433 e. The normalized spacial score (nSPS) is 14.6. The number of rotatable bonds is 6. The van der Waals surface area contributed by atoms with Crippen LogP contribution in [0.25, 0.3) is 0 Å². The number of morpholine rings is 1. The summed E-state index contributed by atoms with van der Waals surface area (Å²) in [5.41, 5.74) is -0.0871. The van der Waals surface area contributed by atoms with Crippen LogP contribution < -0.4 is 15.1 Å². The van der Waals surface area contributed by atoms with Gasteiger partial charge in [-0.1, -0.05) is 0 Å². The molecule has 200 valence electrons. The van der Waals surface area contributed by atoms with Gasteiger partial charge >= 0.3 is 6.18 Å². The lowest BCUT2D eigenvalue weighted by atomic mass is 10.0. The van der Waals surface area contributed by atoms with Crippen LogP contribution in [0.2, 0.25) is 0 Å². The number of aromatic nitrogens is 3. The third kappa shape index (κ3) is 6.05. The van der Waals surface area contributed by atoms with Gasteiger partial charge in [0, 0.05) is 43.8 Å². The van der Waals surface area contributed by atoms with E-state index in [1.54, 1.807) is 11.8 Å². The number of nitrogens with one attached hydrogen (secondary N) is 1. The Balaban J connectivity index is 1.52. The van der Waals surface area contributed by atoms with Crippen molar-refractivity contribution in [1.29, 1.82) is 0 Å². The third-order valence-electron chi connectivity index (χ3n) is 5.99. The molecule has 0 spiro atoms. The van der Waals surface area contributed by atoms with Crippen LogP contribution >= 0.6 is 0 Å². The van der Waals surface area contributed by atoms with Gasteiger partial charge in [0.05, 0.1) is 24.8 Å². The van der Waals surface area contributed by atoms with Crippen molar-refractivity contribution >= 4 is 29.0 Å². The number of alkyl halides is 3. The minimum absolute atomic E-state index is 0.0373. The van der Waals surface area contributed by atoms with Gasteiger partial charge in [0.15, 0.2) is 5.82 Å². The number of nitrogens with zero attached hydrogens (tertiary/aromatic N) is 5. The molecule has 1 fully saturated rings. The summed E-state index contributed by atoms with van der Waals surface area (Å²) in [6.07, 6.45) is -1.98. The van der Waals surface area contributed by atoms with Crippen molar-refractivity contribution < 1.29 is 31.9 Å². The molecule has 3 heterocycles. The summed E-state index contributed by atoms with van der Waals surface area (Å²) >= 11 is 0. The number of benzene rings is 1. The number of ether oxygens (including phenoxy) is 1. The molecule has 13 heteroatoms. The van der Waals surface area contributed by atoms with Crippen LogP contribution in [0.3, 0.4) is 0 Å². The molecule has 0 saturated carbocycles. The van der Waals surface area contributed by atoms with E-state index in [2.05, 4.69) is 20.3 Å². The molecule has 1 N–H and O–H groups in total. The lowest BCUT2D eigenvalue weighted by Crippen LogP contribution is -2.39. The molecule has 1 atom stereocenters. The Morgan fingerprint density at radius 3 is 2.29 bits per heavy atom. The number of carbonyl (C=O) groups is 2. The molecule has 0 aliphatic carbocycles.